The van der Waals surface area contributed by atoms with Crippen molar-refractivity contribution < 1.29 is 9.21 Å². The number of halogens is 1. The number of nitrogens with one attached hydrogen (secondary N) is 1. The lowest BCUT2D eigenvalue weighted by Gasteiger charge is -2.14. The average molecular weight is 328 g/mol. The van der Waals surface area contributed by atoms with Crippen LogP contribution in [-0.2, 0) is 11.2 Å². The Balaban J connectivity index is 1.69. The van der Waals surface area contributed by atoms with Gasteiger partial charge in [0.05, 0.1) is 18.7 Å². The lowest BCUT2D eigenvalue weighted by molar-refractivity contribution is -0.121. The maximum absolute atomic E-state index is 12.3. The first-order valence-corrected chi connectivity index (χ1v) is 7.92. The molecule has 0 radical (unpaired) electrons. The van der Waals surface area contributed by atoms with E-state index in [1.807, 2.05) is 56.3 Å². The highest BCUT2D eigenvalue weighted by atomic mass is 35.5. The van der Waals surface area contributed by atoms with Gasteiger partial charge in [-0.05, 0) is 43.2 Å². The summed E-state index contributed by atoms with van der Waals surface area (Å²) >= 11 is 5.89. The molecule has 1 heterocycles. The van der Waals surface area contributed by atoms with Crippen LogP contribution in [0.25, 0.3) is 11.0 Å². The predicted octanol–water partition coefficient (Wildman–Crippen LogP) is 4.81. The van der Waals surface area contributed by atoms with Crippen LogP contribution in [0.1, 0.15) is 29.7 Å². The molecule has 0 fully saturated rings. The molecule has 3 aromatic rings. The zero-order valence-corrected chi connectivity index (χ0v) is 13.9. The van der Waals surface area contributed by atoms with Gasteiger partial charge in [0.2, 0.25) is 5.91 Å². The first kappa shape index (κ1) is 15.6. The molecule has 118 valence electrons. The van der Waals surface area contributed by atoms with Gasteiger partial charge in [0, 0.05) is 16.0 Å². The van der Waals surface area contributed by atoms with Crippen molar-refractivity contribution in [2.24, 2.45) is 0 Å². The van der Waals surface area contributed by atoms with E-state index in [1.165, 1.54) is 0 Å². The zero-order chi connectivity index (χ0) is 16.4. The molecule has 0 bridgehead atoms. The molecule has 1 amide bonds. The van der Waals surface area contributed by atoms with Gasteiger partial charge in [0.15, 0.2) is 0 Å². The number of benzene rings is 2. The Morgan fingerprint density at radius 2 is 1.96 bits per heavy atom. The minimum atomic E-state index is -0.0693. The number of amides is 1. The molecule has 4 heteroatoms. The summed E-state index contributed by atoms with van der Waals surface area (Å²) in [6.45, 7) is 3.97. The highest BCUT2D eigenvalue weighted by Gasteiger charge is 2.13. The molecule has 1 atom stereocenters. The monoisotopic (exact) mass is 327 g/mol. The third-order valence-corrected chi connectivity index (χ3v) is 4.16. The molecule has 0 aliphatic carbocycles. The number of rotatable bonds is 4. The van der Waals surface area contributed by atoms with Crippen LogP contribution >= 0.6 is 11.6 Å². The van der Waals surface area contributed by atoms with Gasteiger partial charge < -0.3 is 9.73 Å². The minimum Gasteiger partial charge on any atom is -0.464 e. The van der Waals surface area contributed by atoms with Gasteiger partial charge in [-0.3, -0.25) is 4.79 Å². The van der Waals surface area contributed by atoms with Crippen molar-refractivity contribution >= 4 is 28.5 Å². The van der Waals surface area contributed by atoms with Gasteiger partial charge in [0.1, 0.15) is 5.58 Å². The van der Waals surface area contributed by atoms with Crippen LogP contribution in [0.5, 0.6) is 0 Å². The van der Waals surface area contributed by atoms with Crippen molar-refractivity contribution in [2.75, 3.05) is 0 Å². The number of hydrogen-bond donors (Lipinski definition) is 1. The third kappa shape index (κ3) is 3.57. The van der Waals surface area contributed by atoms with Crippen molar-refractivity contribution in [1.82, 2.24) is 5.32 Å². The fourth-order valence-electron chi connectivity index (χ4n) is 2.63. The maximum atomic E-state index is 12.3. The van der Waals surface area contributed by atoms with Crippen LogP contribution in [0.4, 0.5) is 0 Å². The Kier molecular flexibility index (Phi) is 4.39. The summed E-state index contributed by atoms with van der Waals surface area (Å²) in [4.78, 5) is 12.3. The van der Waals surface area contributed by atoms with E-state index in [4.69, 9.17) is 16.0 Å². The SMILES string of the molecule is Cc1ccc2c(CC(=O)NC(C)c3ccc(Cl)cc3)coc2c1. The van der Waals surface area contributed by atoms with E-state index in [0.717, 1.165) is 27.7 Å². The second-order valence-corrected chi connectivity index (χ2v) is 6.21. The Morgan fingerprint density at radius 3 is 2.70 bits per heavy atom. The molecule has 1 N–H and O–H groups in total. The summed E-state index contributed by atoms with van der Waals surface area (Å²) in [5.41, 5.74) is 3.88. The first-order valence-electron chi connectivity index (χ1n) is 7.54. The molecule has 1 unspecified atom stereocenters. The fraction of sp³-hybridized carbons (Fsp3) is 0.211. The fourth-order valence-corrected chi connectivity index (χ4v) is 2.75. The van der Waals surface area contributed by atoms with E-state index in [0.29, 0.717) is 11.4 Å². The predicted molar refractivity (Wildman–Crippen MR) is 92.7 cm³/mol. The third-order valence-electron chi connectivity index (χ3n) is 3.91. The first-order chi connectivity index (χ1) is 11.0. The molecule has 0 saturated carbocycles. The highest BCUT2D eigenvalue weighted by Crippen LogP contribution is 2.23. The summed E-state index contributed by atoms with van der Waals surface area (Å²) in [6, 6.07) is 13.4. The van der Waals surface area contributed by atoms with Crippen LogP contribution in [0, 0.1) is 6.92 Å². The van der Waals surface area contributed by atoms with Gasteiger partial charge in [-0.15, -0.1) is 0 Å². The largest absolute Gasteiger partial charge is 0.464 e. The molecule has 0 aliphatic heterocycles. The molecule has 0 saturated heterocycles. The van der Waals surface area contributed by atoms with E-state index < -0.39 is 0 Å². The minimum absolute atomic E-state index is 0.0317. The Hall–Kier alpha value is -2.26. The lowest BCUT2D eigenvalue weighted by atomic mass is 10.1. The normalized spacial score (nSPS) is 12.3. The van der Waals surface area contributed by atoms with E-state index in [2.05, 4.69) is 5.32 Å². The molecule has 23 heavy (non-hydrogen) atoms. The van der Waals surface area contributed by atoms with Crippen molar-refractivity contribution in [3.05, 3.63) is 70.4 Å². The number of fused-ring (bicyclic) bond motifs is 1. The van der Waals surface area contributed by atoms with Crippen LogP contribution in [0.3, 0.4) is 0 Å². The Labute approximate surface area is 140 Å². The molecule has 0 spiro atoms. The summed E-state index contributed by atoms with van der Waals surface area (Å²) in [5, 5.41) is 4.68. The van der Waals surface area contributed by atoms with Gasteiger partial charge in [0.25, 0.3) is 0 Å². The van der Waals surface area contributed by atoms with E-state index in [9.17, 15) is 4.79 Å². The zero-order valence-electron chi connectivity index (χ0n) is 13.1. The van der Waals surface area contributed by atoms with Gasteiger partial charge in [-0.1, -0.05) is 35.9 Å². The molecular formula is C19H18ClNO2. The van der Waals surface area contributed by atoms with Crippen molar-refractivity contribution in [3.8, 4) is 0 Å². The molecular weight excluding hydrogens is 310 g/mol. The van der Waals surface area contributed by atoms with Crippen LogP contribution in [-0.4, -0.2) is 5.91 Å². The van der Waals surface area contributed by atoms with Crippen molar-refractivity contribution in [1.29, 1.82) is 0 Å². The summed E-state index contributed by atoms with van der Waals surface area (Å²) < 4.78 is 5.54. The maximum Gasteiger partial charge on any atom is 0.225 e. The van der Waals surface area contributed by atoms with E-state index in [1.54, 1.807) is 6.26 Å². The van der Waals surface area contributed by atoms with E-state index in [-0.39, 0.29) is 11.9 Å². The van der Waals surface area contributed by atoms with Gasteiger partial charge >= 0.3 is 0 Å². The van der Waals surface area contributed by atoms with Crippen molar-refractivity contribution in [2.45, 2.75) is 26.3 Å². The summed E-state index contributed by atoms with van der Waals surface area (Å²) in [5.74, 6) is -0.0317. The van der Waals surface area contributed by atoms with Crippen LogP contribution in [0.2, 0.25) is 5.02 Å². The molecule has 1 aromatic heterocycles. The second kappa shape index (κ2) is 6.47. The smallest absolute Gasteiger partial charge is 0.225 e. The number of hydrogen-bond acceptors (Lipinski definition) is 2. The van der Waals surface area contributed by atoms with Crippen LogP contribution < -0.4 is 5.32 Å². The van der Waals surface area contributed by atoms with Gasteiger partial charge in [-0.2, -0.15) is 0 Å². The molecule has 3 nitrogen and oxygen atoms in total. The number of aryl methyl sites for hydroxylation is 1. The summed E-state index contributed by atoms with van der Waals surface area (Å²) in [7, 11) is 0. The number of furan rings is 1. The quantitative estimate of drug-likeness (QED) is 0.746. The Morgan fingerprint density at radius 1 is 1.22 bits per heavy atom. The lowest BCUT2D eigenvalue weighted by Crippen LogP contribution is -2.28. The Bertz CT molecular complexity index is 836. The van der Waals surface area contributed by atoms with Crippen molar-refractivity contribution in [3.63, 3.8) is 0 Å². The second-order valence-electron chi connectivity index (χ2n) is 5.78. The molecule has 0 aliphatic rings. The number of carbonyl (C=O) groups excluding carboxylic acids is 1. The summed E-state index contributed by atoms with van der Waals surface area (Å²) in [6.07, 6.45) is 1.96. The highest BCUT2D eigenvalue weighted by molar-refractivity contribution is 6.30. The average Bonchev–Trinajstić information content (AvgIpc) is 2.89. The number of carbonyl (C=O) groups is 1. The molecule has 3 rings (SSSR count). The molecule has 2 aromatic carbocycles. The topological polar surface area (TPSA) is 42.2 Å². The van der Waals surface area contributed by atoms with E-state index >= 15 is 0 Å². The van der Waals surface area contributed by atoms with Crippen LogP contribution in [0.15, 0.2) is 53.1 Å². The van der Waals surface area contributed by atoms with Gasteiger partial charge in [-0.25, -0.2) is 0 Å². The standard InChI is InChI=1S/C19H18ClNO2/c1-12-3-8-17-15(11-23-18(17)9-12)10-19(22)21-13(2)14-4-6-16(20)7-5-14/h3-9,11,13H,10H2,1-2H3,(H,21,22).